The molecule has 0 saturated carbocycles. The van der Waals surface area contributed by atoms with Crippen molar-refractivity contribution in [3.8, 4) is 0 Å². The normalized spacial score (nSPS) is 17.3. The van der Waals surface area contributed by atoms with E-state index >= 15 is 0 Å². The molecule has 0 aromatic heterocycles. The summed E-state index contributed by atoms with van der Waals surface area (Å²) in [5.41, 5.74) is 6.17. The highest BCUT2D eigenvalue weighted by atomic mass is 16.5. The molecular formula is C27H36O2. The Morgan fingerprint density at radius 1 is 1.17 bits per heavy atom. The Hall–Kier alpha value is -2.35. The van der Waals surface area contributed by atoms with Gasteiger partial charge in [0, 0.05) is 0 Å². The number of rotatable bonds is 8. The summed E-state index contributed by atoms with van der Waals surface area (Å²) >= 11 is 0. The fourth-order valence-electron chi connectivity index (χ4n) is 3.71. The van der Waals surface area contributed by atoms with Gasteiger partial charge >= 0.3 is 5.97 Å². The molecule has 2 heteroatoms. The van der Waals surface area contributed by atoms with E-state index in [4.69, 9.17) is 4.74 Å². The first-order valence-corrected chi connectivity index (χ1v) is 10.8. The smallest absolute Gasteiger partial charge is 0.338 e. The molecule has 0 atom stereocenters. The number of carbonyl (C=O) groups is 1. The standard InChI is InChI=1S/C27H36O2/c1-6-7-20-29-26(28)24-16-14-23(15-17-24)12-8-10-21(2)13-18-25-22(3)11-9-19-27(25,4)5/h8,10,12-18H,6-7,9,11,19-20H2,1-5H3. The zero-order valence-electron chi connectivity index (χ0n) is 18.8. The highest BCUT2D eigenvalue weighted by Crippen LogP contribution is 2.40. The lowest BCUT2D eigenvalue weighted by Gasteiger charge is -2.32. The van der Waals surface area contributed by atoms with Gasteiger partial charge in [0.2, 0.25) is 0 Å². The van der Waals surface area contributed by atoms with Crippen molar-refractivity contribution in [2.75, 3.05) is 6.61 Å². The number of hydrogen-bond donors (Lipinski definition) is 0. The van der Waals surface area contributed by atoms with Crippen LogP contribution in [0.2, 0.25) is 0 Å². The van der Waals surface area contributed by atoms with Gasteiger partial charge in [-0.25, -0.2) is 4.79 Å². The minimum absolute atomic E-state index is 0.245. The van der Waals surface area contributed by atoms with Crippen LogP contribution in [0.1, 0.15) is 82.6 Å². The van der Waals surface area contributed by atoms with Gasteiger partial charge in [0.1, 0.15) is 0 Å². The van der Waals surface area contributed by atoms with Crippen molar-refractivity contribution in [2.45, 2.75) is 66.7 Å². The van der Waals surface area contributed by atoms with Crippen LogP contribution in [0.5, 0.6) is 0 Å². The molecule has 2 rings (SSSR count). The molecule has 1 aromatic rings. The Bertz CT molecular complexity index is 801. The summed E-state index contributed by atoms with van der Waals surface area (Å²) in [7, 11) is 0. The fourth-order valence-corrected chi connectivity index (χ4v) is 3.71. The quantitative estimate of drug-likeness (QED) is 0.257. The third kappa shape index (κ3) is 7.20. The Balaban J connectivity index is 1.96. The first-order valence-electron chi connectivity index (χ1n) is 10.8. The molecule has 1 aliphatic carbocycles. The molecule has 0 heterocycles. The van der Waals surface area contributed by atoms with Crippen molar-refractivity contribution in [3.63, 3.8) is 0 Å². The minimum atomic E-state index is -0.245. The van der Waals surface area contributed by atoms with Crippen LogP contribution in [-0.4, -0.2) is 12.6 Å². The van der Waals surface area contributed by atoms with E-state index in [-0.39, 0.29) is 11.4 Å². The van der Waals surface area contributed by atoms with E-state index in [1.54, 1.807) is 0 Å². The predicted molar refractivity (Wildman–Crippen MR) is 124 cm³/mol. The van der Waals surface area contributed by atoms with E-state index in [0.29, 0.717) is 12.2 Å². The molecule has 0 N–H and O–H groups in total. The first kappa shape index (κ1) is 22.9. The van der Waals surface area contributed by atoms with Crippen molar-refractivity contribution < 1.29 is 9.53 Å². The molecule has 0 unspecified atom stereocenters. The summed E-state index contributed by atoms with van der Waals surface area (Å²) in [5.74, 6) is -0.245. The van der Waals surface area contributed by atoms with Crippen LogP contribution < -0.4 is 0 Å². The lowest BCUT2D eigenvalue weighted by atomic mass is 9.72. The number of carbonyl (C=O) groups excluding carboxylic acids is 1. The maximum absolute atomic E-state index is 11.9. The topological polar surface area (TPSA) is 26.3 Å². The van der Waals surface area contributed by atoms with Gasteiger partial charge in [-0.05, 0) is 68.2 Å². The largest absolute Gasteiger partial charge is 0.462 e. The molecule has 0 aliphatic heterocycles. The van der Waals surface area contributed by atoms with Crippen molar-refractivity contribution in [2.24, 2.45) is 5.41 Å². The predicted octanol–water partition coefficient (Wildman–Crippen LogP) is 7.69. The molecule has 0 spiro atoms. The van der Waals surface area contributed by atoms with Crippen molar-refractivity contribution >= 4 is 12.0 Å². The second-order valence-electron chi connectivity index (χ2n) is 8.65. The third-order valence-electron chi connectivity index (χ3n) is 5.58. The molecule has 0 fully saturated rings. The highest BCUT2D eigenvalue weighted by molar-refractivity contribution is 5.89. The van der Waals surface area contributed by atoms with Gasteiger partial charge in [-0.2, -0.15) is 0 Å². The maximum Gasteiger partial charge on any atom is 0.338 e. The third-order valence-corrected chi connectivity index (χ3v) is 5.58. The Morgan fingerprint density at radius 3 is 2.55 bits per heavy atom. The molecule has 0 amide bonds. The lowest BCUT2D eigenvalue weighted by molar-refractivity contribution is 0.0499. The van der Waals surface area contributed by atoms with Crippen molar-refractivity contribution in [1.82, 2.24) is 0 Å². The highest BCUT2D eigenvalue weighted by Gasteiger charge is 2.26. The summed E-state index contributed by atoms with van der Waals surface area (Å²) in [6.07, 6.45) is 16.4. The number of allylic oxidation sites excluding steroid dienone is 7. The van der Waals surface area contributed by atoms with E-state index in [9.17, 15) is 4.79 Å². The van der Waals surface area contributed by atoms with Crippen LogP contribution in [0.25, 0.3) is 6.08 Å². The maximum atomic E-state index is 11.9. The zero-order chi connectivity index (χ0) is 21.3. The van der Waals surface area contributed by atoms with Gasteiger partial charge in [0.05, 0.1) is 12.2 Å². The Labute approximate surface area is 177 Å². The van der Waals surface area contributed by atoms with Gasteiger partial charge in [-0.15, -0.1) is 0 Å². The van der Waals surface area contributed by atoms with Gasteiger partial charge in [0.15, 0.2) is 0 Å². The van der Waals surface area contributed by atoms with Crippen molar-refractivity contribution in [3.05, 3.63) is 76.4 Å². The van der Waals surface area contributed by atoms with Crippen LogP contribution in [0.3, 0.4) is 0 Å². The number of hydrogen-bond acceptors (Lipinski definition) is 2. The molecule has 0 radical (unpaired) electrons. The molecular weight excluding hydrogens is 356 g/mol. The molecule has 1 aromatic carbocycles. The van der Waals surface area contributed by atoms with Gasteiger partial charge in [0.25, 0.3) is 0 Å². The van der Waals surface area contributed by atoms with Crippen molar-refractivity contribution in [1.29, 1.82) is 0 Å². The van der Waals surface area contributed by atoms with Crippen LogP contribution in [0, 0.1) is 5.41 Å². The second-order valence-corrected chi connectivity index (χ2v) is 8.65. The molecule has 0 saturated heterocycles. The van der Waals surface area contributed by atoms with Crippen LogP contribution in [-0.2, 0) is 4.74 Å². The van der Waals surface area contributed by atoms with E-state index in [1.165, 1.54) is 36.0 Å². The average molecular weight is 393 g/mol. The number of benzene rings is 1. The summed E-state index contributed by atoms with van der Waals surface area (Å²) < 4.78 is 5.24. The van der Waals surface area contributed by atoms with Crippen LogP contribution >= 0.6 is 0 Å². The van der Waals surface area contributed by atoms with Gasteiger partial charge in [-0.1, -0.05) is 80.9 Å². The van der Waals surface area contributed by atoms with E-state index in [2.05, 4.69) is 65.0 Å². The molecule has 2 nitrogen and oxygen atoms in total. The van der Waals surface area contributed by atoms with E-state index in [1.807, 2.05) is 24.3 Å². The number of ether oxygens (including phenoxy) is 1. The summed E-state index contributed by atoms with van der Waals surface area (Å²) in [5, 5.41) is 0. The molecule has 1 aliphatic rings. The summed E-state index contributed by atoms with van der Waals surface area (Å²) in [4.78, 5) is 11.9. The number of unbranched alkanes of at least 4 members (excludes halogenated alkanes) is 1. The summed E-state index contributed by atoms with van der Waals surface area (Å²) in [6, 6.07) is 7.55. The Morgan fingerprint density at radius 2 is 1.90 bits per heavy atom. The molecule has 156 valence electrons. The summed E-state index contributed by atoms with van der Waals surface area (Å²) in [6.45, 7) is 11.7. The Kier molecular flexibility index (Phi) is 8.70. The van der Waals surface area contributed by atoms with Gasteiger partial charge < -0.3 is 4.74 Å². The molecule has 0 bridgehead atoms. The SMILES string of the molecule is CCCCOC(=O)c1ccc(C=CC=C(C)C=CC2=C(C)CCCC2(C)C)cc1. The van der Waals surface area contributed by atoms with Crippen LogP contribution in [0.15, 0.2) is 65.3 Å². The van der Waals surface area contributed by atoms with Crippen LogP contribution in [0.4, 0.5) is 0 Å². The fraction of sp³-hybridized carbons (Fsp3) is 0.444. The second kappa shape index (κ2) is 11.0. The number of esters is 1. The van der Waals surface area contributed by atoms with Gasteiger partial charge in [-0.3, -0.25) is 0 Å². The minimum Gasteiger partial charge on any atom is -0.462 e. The lowest BCUT2D eigenvalue weighted by Crippen LogP contribution is -2.19. The zero-order valence-corrected chi connectivity index (χ0v) is 18.8. The molecule has 29 heavy (non-hydrogen) atoms. The van der Waals surface area contributed by atoms with E-state index in [0.717, 1.165) is 18.4 Å². The average Bonchev–Trinajstić information content (AvgIpc) is 2.67. The first-order chi connectivity index (χ1) is 13.8. The van der Waals surface area contributed by atoms with E-state index < -0.39 is 0 Å². The monoisotopic (exact) mass is 392 g/mol.